The highest BCUT2D eigenvalue weighted by Crippen LogP contribution is 2.21. The van der Waals surface area contributed by atoms with Crippen LogP contribution in [0.25, 0.3) is 22.4 Å². The molecular formula is C24H26N6O. The van der Waals surface area contributed by atoms with E-state index in [1.807, 2.05) is 42.2 Å². The average molecular weight is 415 g/mol. The first-order chi connectivity index (χ1) is 15.2. The van der Waals surface area contributed by atoms with Gasteiger partial charge in [-0.3, -0.25) is 4.90 Å². The Labute approximate surface area is 181 Å². The molecule has 3 aromatic heterocycles. The molecule has 0 radical (unpaired) electrons. The smallest absolute Gasteiger partial charge is 0.161 e. The molecule has 158 valence electrons. The first-order valence-electron chi connectivity index (χ1n) is 10.6. The number of hydrogen-bond donors (Lipinski definition) is 2. The molecule has 7 heteroatoms. The molecule has 0 amide bonds. The summed E-state index contributed by atoms with van der Waals surface area (Å²) in [7, 11) is 1.97. The summed E-state index contributed by atoms with van der Waals surface area (Å²) in [5, 5.41) is 14.8. The Kier molecular flexibility index (Phi) is 5.36. The van der Waals surface area contributed by atoms with Crippen LogP contribution in [0.2, 0.25) is 0 Å². The van der Waals surface area contributed by atoms with Crippen molar-refractivity contribution in [3.63, 3.8) is 0 Å². The van der Waals surface area contributed by atoms with Crippen molar-refractivity contribution in [3.05, 3.63) is 72.2 Å². The van der Waals surface area contributed by atoms with Gasteiger partial charge in [0.05, 0.1) is 6.10 Å². The van der Waals surface area contributed by atoms with Crippen LogP contribution in [-0.2, 0) is 20.0 Å². The van der Waals surface area contributed by atoms with Crippen LogP contribution < -0.4 is 5.32 Å². The number of aromatic nitrogens is 4. The first kappa shape index (κ1) is 19.7. The van der Waals surface area contributed by atoms with Crippen LogP contribution in [0.1, 0.15) is 11.1 Å². The van der Waals surface area contributed by atoms with Crippen molar-refractivity contribution < 1.29 is 5.11 Å². The number of aliphatic hydroxyl groups excluding tert-OH is 1. The van der Waals surface area contributed by atoms with Gasteiger partial charge in [0.1, 0.15) is 11.5 Å². The minimum atomic E-state index is -0.480. The van der Waals surface area contributed by atoms with Gasteiger partial charge in [0, 0.05) is 62.8 Å². The van der Waals surface area contributed by atoms with Crippen LogP contribution in [-0.4, -0.2) is 55.3 Å². The summed E-state index contributed by atoms with van der Waals surface area (Å²) in [6, 6.07) is 14.4. The molecule has 4 heterocycles. The molecule has 1 aliphatic heterocycles. The second-order valence-electron chi connectivity index (χ2n) is 8.12. The topological polar surface area (TPSA) is 79.1 Å². The molecule has 0 fully saturated rings. The molecule has 1 atom stereocenters. The molecular weight excluding hydrogens is 388 g/mol. The van der Waals surface area contributed by atoms with Gasteiger partial charge in [0.25, 0.3) is 0 Å². The lowest BCUT2D eigenvalue weighted by Gasteiger charge is -2.30. The monoisotopic (exact) mass is 414 g/mol. The van der Waals surface area contributed by atoms with Crippen molar-refractivity contribution in [3.8, 4) is 11.4 Å². The Morgan fingerprint density at radius 1 is 1.13 bits per heavy atom. The van der Waals surface area contributed by atoms with E-state index in [2.05, 4.69) is 49.4 Å². The Morgan fingerprint density at radius 2 is 2.00 bits per heavy atom. The highest BCUT2D eigenvalue weighted by atomic mass is 16.3. The van der Waals surface area contributed by atoms with Gasteiger partial charge in [-0.15, -0.1) is 0 Å². The second kappa shape index (κ2) is 8.45. The van der Waals surface area contributed by atoms with E-state index in [9.17, 15) is 5.11 Å². The quantitative estimate of drug-likeness (QED) is 0.505. The lowest BCUT2D eigenvalue weighted by molar-refractivity contribution is 0.114. The molecule has 0 saturated heterocycles. The second-order valence-corrected chi connectivity index (χ2v) is 8.12. The van der Waals surface area contributed by atoms with Crippen molar-refractivity contribution in [1.29, 1.82) is 0 Å². The summed E-state index contributed by atoms with van der Waals surface area (Å²) in [4.78, 5) is 15.9. The predicted molar refractivity (Wildman–Crippen MR) is 122 cm³/mol. The number of fused-ring (bicyclic) bond motifs is 2. The zero-order valence-corrected chi connectivity index (χ0v) is 17.6. The molecule has 0 spiro atoms. The maximum absolute atomic E-state index is 10.6. The van der Waals surface area contributed by atoms with Crippen LogP contribution in [0.4, 0.5) is 5.82 Å². The lowest BCUT2D eigenvalue weighted by Crippen LogP contribution is -2.39. The number of β-amino-alcohol motifs (C(OH)–C–C–N with tert-alkyl or cyclic N) is 1. The molecule has 1 aliphatic rings. The number of nitrogens with one attached hydrogen (secondary N) is 1. The SMILES string of the molecule is Cn1ccc2cnc(-c3ccnc(NCC(O)CN4CCc5ccccc5C4)c3)nc21. The Bertz CT molecular complexity index is 1200. The summed E-state index contributed by atoms with van der Waals surface area (Å²) in [5.41, 5.74) is 4.57. The van der Waals surface area contributed by atoms with Crippen LogP contribution in [0.5, 0.6) is 0 Å². The van der Waals surface area contributed by atoms with Gasteiger partial charge in [0.15, 0.2) is 5.82 Å². The minimum absolute atomic E-state index is 0.437. The summed E-state index contributed by atoms with van der Waals surface area (Å²) < 4.78 is 1.98. The molecule has 5 rings (SSSR count). The Balaban J connectivity index is 1.21. The fourth-order valence-electron chi connectivity index (χ4n) is 4.15. The van der Waals surface area contributed by atoms with E-state index in [1.54, 1.807) is 6.20 Å². The third-order valence-electron chi connectivity index (χ3n) is 5.82. The number of aryl methyl sites for hydroxylation is 1. The van der Waals surface area contributed by atoms with Gasteiger partial charge >= 0.3 is 0 Å². The Hall–Kier alpha value is -3.29. The van der Waals surface area contributed by atoms with Gasteiger partial charge in [-0.25, -0.2) is 15.0 Å². The van der Waals surface area contributed by atoms with Gasteiger partial charge < -0.3 is 15.0 Å². The minimum Gasteiger partial charge on any atom is -0.390 e. The fourth-order valence-corrected chi connectivity index (χ4v) is 4.15. The van der Waals surface area contributed by atoms with E-state index >= 15 is 0 Å². The van der Waals surface area contributed by atoms with E-state index in [-0.39, 0.29) is 0 Å². The van der Waals surface area contributed by atoms with Crippen molar-refractivity contribution in [2.75, 3.05) is 25.0 Å². The number of benzene rings is 1. The summed E-state index contributed by atoms with van der Waals surface area (Å²) >= 11 is 0. The van der Waals surface area contributed by atoms with E-state index in [0.717, 1.165) is 36.1 Å². The summed E-state index contributed by atoms with van der Waals surface area (Å²) in [6.45, 7) is 2.93. The largest absolute Gasteiger partial charge is 0.390 e. The third kappa shape index (κ3) is 4.28. The Morgan fingerprint density at radius 3 is 2.90 bits per heavy atom. The van der Waals surface area contributed by atoms with Crippen LogP contribution in [0, 0.1) is 0 Å². The molecule has 31 heavy (non-hydrogen) atoms. The van der Waals surface area contributed by atoms with Crippen LogP contribution in [0.3, 0.4) is 0 Å². The normalized spacial score (nSPS) is 15.0. The van der Waals surface area contributed by atoms with E-state index < -0.39 is 6.10 Å². The number of pyridine rings is 1. The summed E-state index contributed by atoms with van der Waals surface area (Å²) in [5.74, 6) is 1.36. The van der Waals surface area contributed by atoms with Gasteiger partial charge in [0.2, 0.25) is 0 Å². The highest BCUT2D eigenvalue weighted by Gasteiger charge is 2.18. The maximum Gasteiger partial charge on any atom is 0.161 e. The number of anilines is 1. The van der Waals surface area contributed by atoms with Gasteiger partial charge in [-0.1, -0.05) is 24.3 Å². The van der Waals surface area contributed by atoms with Crippen molar-refractivity contribution >= 4 is 16.9 Å². The average Bonchev–Trinajstić information content (AvgIpc) is 3.18. The number of nitrogens with zero attached hydrogens (tertiary/aromatic N) is 5. The zero-order valence-electron chi connectivity index (χ0n) is 17.6. The summed E-state index contributed by atoms with van der Waals surface area (Å²) in [6.07, 6.45) is 6.11. The van der Waals surface area contributed by atoms with Crippen molar-refractivity contribution in [2.45, 2.75) is 19.1 Å². The molecule has 4 aromatic rings. The molecule has 0 aliphatic carbocycles. The van der Waals surface area contributed by atoms with E-state index in [0.29, 0.717) is 24.7 Å². The van der Waals surface area contributed by atoms with Crippen LogP contribution in [0.15, 0.2) is 61.1 Å². The van der Waals surface area contributed by atoms with E-state index in [4.69, 9.17) is 0 Å². The lowest BCUT2D eigenvalue weighted by atomic mass is 10.00. The zero-order chi connectivity index (χ0) is 21.2. The third-order valence-corrected chi connectivity index (χ3v) is 5.82. The van der Waals surface area contributed by atoms with Gasteiger partial charge in [-0.2, -0.15) is 0 Å². The highest BCUT2D eigenvalue weighted by molar-refractivity contribution is 5.77. The number of hydrogen-bond acceptors (Lipinski definition) is 6. The molecule has 7 nitrogen and oxygen atoms in total. The molecule has 2 N–H and O–H groups in total. The molecule has 1 unspecified atom stereocenters. The number of aliphatic hydroxyl groups is 1. The molecule has 0 bridgehead atoms. The first-order valence-corrected chi connectivity index (χ1v) is 10.6. The number of rotatable bonds is 6. The van der Waals surface area contributed by atoms with Gasteiger partial charge in [-0.05, 0) is 35.7 Å². The van der Waals surface area contributed by atoms with Crippen molar-refractivity contribution in [1.82, 2.24) is 24.4 Å². The van der Waals surface area contributed by atoms with Crippen LogP contribution >= 0.6 is 0 Å². The molecule has 1 aromatic carbocycles. The van der Waals surface area contributed by atoms with Crippen molar-refractivity contribution in [2.24, 2.45) is 7.05 Å². The maximum atomic E-state index is 10.6. The standard InChI is InChI=1S/C24H26N6O/c1-29-10-7-19-13-27-23(28-24(19)29)18-6-9-25-22(12-18)26-14-21(31)16-30-11-8-17-4-2-3-5-20(17)15-30/h2-7,9-10,12-13,21,31H,8,11,14-16H2,1H3,(H,25,26). The fraction of sp³-hybridized carbons (Fsp3) is 0.292. The van der Waals surface area contributed by atoms with E-state index in [1.165, 1.54) is 11.1 Å². The molecule has 0 saturated carbocycles. The predicted octanol–water partition coefficient (Wildman–Crippen LogP) is 2.86.